The summed E-state index contributed by atoms with van der Waals surface area (Å²) in [7, 11) is 1.94. The van der Waals surface area contributed by atoms with Crippen LogP contribution in [0.15, 0.2) is 36.7 Å². The first-order valence-corrected chi connectivity index (χ1v) is 5.49. The molecule has 1 heterocycles. The number of benzene rings is 1. The van der Waals surface area contributed by atoms with Crippen LogP contribution in [0.1, 0.15) is 16.7 Å². The zero-order valence-corrected chi connectivity index (χ0v) is 9.77. The quantitative estimate of drug-likeness (QED) is 0.845. The van der Waals surface area contributed by atoms with Crippen LogP contribution in [0.4, 0.5) is 0 Å². The molecule has 1 aromatic carbocycles. The van der Waals surface area contributed by atoms with E-state index in [0.29, 0.717) is 0 Å². The fourth-order valence-corrected chi connectivity index (χ4v) is 1.79. The van der Waals surface area contributed by atoms with Gasteiger partial charge < -0.3 is 5.32 Å². The van der Waals surface area contributed by atoms with Gasteiger partial charge in [0.15, 0.2) is 0 Å². The van der Waals surface area contributed by atoms with E-state index < -0.39 is 0 Å². The van der Waals surface area contributed by atoms with Crippen molar-refractivity contribution in [3.05, 3.63) is 53.3 Å². The highest BCUT2D eigenvalue weighted by Gasteiger charge is 1.99. The summed E-state index contributed by atoms with van der Waals surface area (Å²) in [4.78, 5) is 0. The van der Waals surface area contributed by atoms with Crippen LogP contribution in [0, 0.1) is 6.92 Å². The van der Waals surface area contributed by atoms with Crippen molar-refractivity contribution in [1.29, 1.82) is 0 Å². The van der Waals surface area contributed by atoms with Crippen LogP contribution in [0.2, 0.25) is 0 Å². The van der Waals surface area contributed by atoms with Gasteiger partial charge in [-0.1, -0.05) is 29.8 Å². The molecular formula is C13H17N3. The van der Waals surface area contributed by atoms with Gasteiger partial charge in [0.1, 0.15) is 0 Å². The molecule has 0 atom stereocenters. The molecule has 0 fully saturated rings. The van der Waals surface area contributed by atoms with E-state index in [2.05, 4.69) is 47.8 Å². The molecule has 84 valence electrons. The van der Waals surface area contributed by atoms with E-state index >= 15 is 0 Å². The zero-order valence-electron chi connectivity index (χ0n) is 9.77. The Morgan fingerprint density at radius 3 is 2.94 bits per heavy atom. The normalized spacial score (nSPS) is 10.6. The fraction of sp³-hybridized carbons (Fsp3) is 0.308. The maximum Gasteiger partial charge on any atom is 0.0659 e. The molecule has 0 amide bonds. The molecule has 16 heavy (non-hydrogen) atoms. The molecule has 1 aromatic heterocycles. The summed E-state index contributed by atoms with van der Waals surface area (Å²) in [5.41, 5.74) is 3.80. The minimum absolute atomic E-state index is 0.839. The number of aryl methyl sites for hydroxylation is 1. The van der Waals surface area contributed by atoms with E-state index in [4.69, 9.17) is 0 Å². The topological polar surface area (TPSA) is 29.9 Å². The monoisotopic (exact) mass is 215 g/mol. The highest BCUT2D eigenvalue weighted by molar-refractivity contribution is 5.22. The van der Waals surface area contributed by atoms with Gasteiger partial charge in [-0.3, -0.25) is 4.68 Å². The second-order valence-electron chi connectivity index (χ2n) is 4.07. The molecule has 2 aromatic rings. The van der Waals surface area contributed by atoms with Gasteiger partial charge in [-0.05, 0) is 19.5 Å². The Kier molecular flexibility index (Phi) is 3.37. The van der Waals surface area contributed by atoms with Gasteiger partial charge in [-0.15, -0.1) is 0 Å². The van der Waals surface area contributed by atoms with Crippen LogP contribution < -0.4 is 5.32 Å². The minimum atomic E-state index is 0.839. The highest BCUT2D eigenvalue weighted by Crippen LogP contribution is 2.06. The van der Waals surface area contributed by atoms with Gasteiger partial charge in [0.2, 0.25) is 0 Å². The van der Waals surface area contributed by atoms with Crippen LogP contribution in [0.25, 0.3) is 0 Å². The van der Waals surface area contributed by atoms with E-state index in [1.54, 1.807) is 0 Å². The van der Waals surface area contributed by atoms with Crippen molar-refractivity contribution in [3.63, 3.8) is 0 Å². The Labute approximate surface area is 96.1 Å². The molecule has 0 aliphatic carbocycles. The molecule has 0 bridgehead atoms. The van der Waals surface area contributed by atoms with E-state index in [-0.39, 0.29) is 0 Å². The average Bonchev–Trinajstić information content (AvgIpc) is 2.66. The first-order valence-electron chi connectivity index (χ1n) is 5.49. The first kappa shape index (κ1) is 10.9. The number of rotatable bonds is 4. The van der Waals surface area contributed by atoms with Crippen LogP contribution >= 0.6 is 0 Å². The third kappa shape index (κ3) is 2.70. The Hall–Kier alpha value is -1.61. The van der Waals surface area contributed by atoms with E-state index in [1.165, 1.54) is 16.7 Å². The summed E-state index contributed by atoms with van der Waals surface area (Å²) in [6.07, 6.45) is 3.99. The zero-order chi connectivity index (χ0) is 11.4. The van der Waals surface area contributed by atoms with Crippen LogP contribution in [-0.4, -0.2) is 16.8 Å². The number of aromatic nitrogens is 2. The summed E-state index contributed by atoms with van der Waals surface area (Å²) >= 11 is 0. The van der Waals surface area contributed by atoms with Gasteiger partial charge >= 0.3 is 0 Å². The average molecular weight is 215 g/mol. The minimum Gasteiger partial charge on any atom is -0.316 e. The van der Waals surface area contributed by atoms with E-state index in [0.717, 1.165) is 13.1 Å². The van der Waals surface area contributed by atoms with Crippen molar-refractivity contribution in [3.8, 4) is 0 Å². The lowest BCUT2D eigenvalue weighted by Crippen LogP contribution is -2.04. The van der Waals surface area contributed by atoms with E-state index in [1.807, 2.05) is 17.9 Å². The van der Waals surface area contributed by atoms with Crippen molar-refractivity contribution in [2.75, 3.05) is 7.05 Å². The summed E-state index contributed by atoms with van der Waals surface area (Å²) in [6.45, 7) is 3.82. The molecule has 0 aliphatic heterocycles. The third-order valence-corrected chi connectivity index (χ3v) is 2.49. The fourth-order valence-electron chi connectivity index (χ4n) is 1.79. The predicted molar refractivity (Wildman–Crippen MR) is 65.3 cm³/mol. The number of hydrogen-bond donors (Lipinski definition) is 1. The van der Waals surface area contributed by atoms with Crippen LogP contribution in [0.3, 0.4) is 0 Å². The lowest BCUT2D eigenvalue weighted by molar-refractivity contribution is 0.685. The molecule has 3 heteroatoms. The van der Waals surface area contributed by atoms with Gasteiger partial charge in [-0.2, -0.15) is 5.10 Å². The van der Waals surface area contributed by atoms with Crippen LogP contribution in [-0.2, 0) is 13.1 Å². The first-order chi connectivity index (χ1) is 7.78. The maximum absolute atomic E-state index is 4.34. The third-order valence-electron chi connectivity index (χ3n) is 2.49. The molecule has 0 aliphatic rings. The molecule has 0 saturated carbocycles. The van der Waals surface area contributed by atoms with Gasteiger partial charge in [0, 0.05) is 18.3 Å². The van der Waals surface area contributed by atoms with Crippen molar-refractivity contribution in [1.82, 2.24) is 15.1 Å². The summed E-state index contributed by atoms with van der Waals surface area (Å²) < 4.78 is 1.97. The molecule has 2 rings (SSSR count). The number of hydrogen-bond acceptors (Lipinski definition) is 2. The molecule has 3 nitrogen and oxygen atoms in total. The van der Waals surface area contributed by atoms with Crippen molar-refractivity contribution < 1.29 is 0 Å². The van der Waals surface area contributed by atoms with Gasteiger partial charge in [-0.25, -0.2) is 0 Å². The second-order valence-corrected chi connectivity index (χ2v) is 4.07. The molecule has 0 unspecified atom stereocenters. The van der Waals surface area contributed by atoms with Gasteiger partial charge in [0.05, 0.1) is 12.7 Å². The Morgan fingerprint density at radius 1 is 1.31 bits per heavy atom. The standard InChI is InChI=1S/C13H17N3/c1-11-4-3-5-12(6-11)9-16-10-13(7-14-2)8-15-16/h3-6,8,10,14H,7,9H2,1-2H3. The molecular weight excluding hydrogens is 198 g/mol. The van der Waals surface area contributed by atoms with Crippen molar-refractivity contribution in [2.24, 2.45) is 0 Å². The maximum atomic E-state index is 4.34. The summed E-state index contributed by atoms with van der Waals surface area (Å²) in [5, 5.41) is 7.45. The number of nitrogens with one attached hydrogen (secondary N) is 1. The summed E-state index contributed by atoms with van der Waals surface area (Å²) in [5.74, 6) is 0. The number of nitrogens with zero attached hydrogens (tertiary/aromatic N) is 2. The highest BCUT2D eigenvalue weighted by atomic mass is 15.3. The van der Waals surface area contributed by atoms with Crippen LogP contribution in [0.5, 0.6) is 0 Å². The molecule has 0 saturated heterocycles. The summed E-state index contributed by atoms with van der Waals surface area (Å²) in [6, 6.07) is 8.52. The van der Waals surface area contributed by atoms with E-state index in [9.17, 15) is 0 Å². The largest absolute Gasteiger partial charge is 0.316 e. The molecule has 0 spiro atoms. The Bertz CT molecular complexity index is 460. The SMILES string of the molecule is CNCc1cnn(Cc2cccc(C)c2)c1. The Morgan fingerprint density at radius 2 is 2.19 bits per heavy atom. The molecule has 0 radical (unpaired) electrons. The predicted octanol–water partition coefficient (Wildman–Crippen LogP) is 1.96. The van der Waals surface area contributed by atoms with Gasteiger partial charge in [0.25, 0.3) is 0 Å². The smallest absolute Gasteiger partial charge is 0.0659 e. The second kappa shape index (κ2) is 4.94. The lowest BCUT2D eigenvalue weighted by Gasteiger charge is -2.02. The molecule has 1 N–H and O–H groups in total. The lowest BCUT2D eigenvalue weighted by atomic mass is 10.1. The van der Waals surface area contributed by atoms with Crippen molar-refractivity contribution in [2.45, 2.75) is 20.0 Å². The van der Waals surface area contributed by atoms with Crippen molar-refractivity contribution >= 4 is 0 Å². The Balaban J connectivity index is 2.08.